The van der Waals surface area contributed by atoms with E-state index in [1.165, 1.54) is 0 Å². The second-order valence-corrected chi connectivity index (χ2v) is 4.21. The number of rotatable bonds is 5. The highest BCUT2D eigenvalue weighted by Crippen LogP contribution is 2.18. The average molecular weight is 272 g/mol. The number of anilines is 1. The van der Waals surface area contributed by atoms with Crippen LogP contribution in [-0.4, -0.2) is 24.2 Å². The number of aliphatic carboxylic acids is 1. The zero-order valence-electron chi connectivity index (χ0n) is 8.61. The normalized spacial score (nSPS) is 10.0. The summed E-state index contributed by atoms with van der Waals surface area (Å²) in [7, 11) is 0. The molecule has 1 N–H and O–H groups in total. The summed E-state index contributed by atoms with van der Waals surface area (Å²) in [6.07, 6.45) is 0.934. The number of hydrogen-bond donors (Lipinski definition) is 1. The van der Waals surface area contributed by atoms with Crippen LogP contribution in [-0.2, 0) is 4.79 Å². The minimum atomic E-state index is -0.800. The molecule has 0 heterocycles. The second kappa shape index (κ2) is 5.75. The first-order valence-electron chi connectivity index (χ1n) is 4.85. The Morgan fingerprint density at radius 1 is 1.40 bits per heavy atom. The topological polar surface area (TPSA) is 40.5 Å². The van der Waals surface area contributed by atoms with E-state index in [9.17, 15) is 4.79 Å². The Hall–Kier alpha value is -1.03. The lowest BCUT2D eigenvalue weighted by Gasteiger charge is -2.22. The summed E-state index contributed by atoms with van der Waals surface area (Å²) in [6.45, 7) is 2.84. The quantitative estimate of drug-likeness (QED) is 0.896. The Balaban J connectivity index is 2.78. The van der Waals surface area contributed by atoms with E-state index in [1.54, 1.807) is 0 Å². The molecule has 15 heavy (non-hydrogen) atoms. The average Bonchev–Trinajstić information content (AvgIpc) is 2.17. The lowest BCUT2D eigenvalue weighted by Crippen LogP contribution is -2.30. The van der Waals surface area contributed by atoms with Gasteiger partial charge in [0, 0.05) is 16.7 Å². The van der Waals surface area contributed by atoms with Gasteiger partial charge >= 0.3 is 5.97 Å². The first-order valence-corrected chi connectivity index (χ1v) is 5.65. The molecule has 0 bridgehead atoms. The number of benzene rings is 1. The fourth-order valence-electron chi connectivity index (χ4n) is 1.38. The van der Waals surface area contributed by atoms with Gasteiger partial charge in [0.1, 0.15) is 6.54 Å². The molecule has 0 saturated carbocycles. The molecule has 82 valence electrons. The molecule has 1 aromatic rings. The lowest BCUT2D eigenvalue weighted by atomic mass is 10.2. The van der Waals surface area contributed by atoms with E-state index in [0.29, 0.717) is 0 Å². The number of nitrogens with zero attached hydrogens (tertiary/aromatic N) is 1. The fraction of sp³-hybridized carbons (Fsp3) is 0.364. The molecule has 1 rings (SSSR count). The van der Waals surface area contributed by atoms with Gasteiger partial charge in [0.05, 0.1) is 0 Å². The summed E-state index contributed by atoms with van der Waals surface area (Å²) in [4.78, 5) is 12.5. The third-order valence-corrected chi connectivity index (χ3v) is 2.54. The minimum Gasteiger partial charge on any atom is -0.480 e. The van der Waals surface area contributed by atoms with Crippen LogP contribution in [0.2, 0.25) is 0 Å². The Labute approximate surface area is 97.8 Å². The molecule has 0 radical (unpaired) electrons. The number of hydrogen-bond acceptors (Lipinski definition) is 2. The fourth-order valence-corrected chi connectivity index (χ4v) is 1.65. The molecule has 0 unspecified atom stereocenters. The highest BCUT2D eigenvalue weighted by molar-refractivity contribution is 9.10. The molecule has 0 fully saturated rings. The molecule has 0 amide bonds. The van der Waals surface area contributed by atoms with Crippen molar-refractivity contribution in [3.05, 3.63) is 28.7 Å². The summed E-state index contributed by atoms with van der Waals surface area (Å²) < 4.78 is 0.998. The van der Waals surface area contributed by atoms with E-state index in [4.69, 9.17) is 5.11 Å². The van der Waals surface area contributed by atoms with Crippen molar-refractivity contribution in [3.63, 3.8) is 0 Å². The monoisotopic (exact) mass is 271 g/mol. The largest absolute Gasteiger partial charge is 0.480 e. The van der Waals surface area contributed by atoms with Crippen LogP contribution in [0.25, 0.3) is 0 Å². The minimum absolute atomic E-state index is 0.0511. The predicted octanol–water partition coefficient (Wildman–Crippen LogP) is 2.75. The molecule has 0 atom stereocenters. The maximum atomic E-state index is 10.7. The molecule has 0 aliphatic rings. The van der Waals surface area contributed by atoms with Crippen LogP contribution in [0.5, 0.6) is 0 Å². The van der Waals surface area contributed by atoms with Gasteiger partial charge in [-0.1, -0.05) is 22.9 Å². The van der Waals surface area contributed by atoms with Crippen molar-refractivity contribution in [1.29, 1.82) is 0 Å². The van der Waals surface area contributed by atoms with Crippen molar-refractivity contribution in [2.75, 3.05) is 18.0 Å². The second-order valence-electron chi connectivity index (χ2n) is 3.29. The maximum Gasteiger partial charge on any atom is 0.323 e. The van der Waals surface area contributed by atoms with Gasteiger partial charge in [-0.3, -0.25) is 4.79 Å². The summed E-state index contributed by atoms with van der Waals surface area (Å²) >= 11 is 3.35. The van der Waals surface area contributed by atoms with Crippen molar-refractivity contribution in [1.82, 2.24) is 0 Å². The predicted molar refractivity (Wildman–Crippen MR) is 64.3 cm³/mol. The van der Waals surface area contributed by atoms with Crippen molar-refractivity contribution in [2.24, 2.45) is 0 Å². The first-order chi connectivity index (χ1) is 7.13. The highest BCUT2D eigenvalue weighted by Gasteiger charge is 2.08. The van der Waals surface area contributed by atoms with Gasteiger partial charge in [0.15, 0.2) is 0 Å². The van der Waals surface area contributed by atoms with Crippen molar-refractivity contribution in [3.8, 4) is 0 Å². The molecular weight excluding hydrogens is 258 g/mol. The van der Waals surface area contributed by atoms with Crippen molar-refractivity contribution < 1.29 is 9.90 Å². The Kier molecular flexibility index (Phi) is 4.62. The van der Waals surface area contributed by atoms with Crippen LogP contribution in [0, 0.1) is 0 Å². The van der Waals surface area contributed by atoms with Crippen molar-refractivity contribution >= 4 is 27.6 Å². The zero-order chi connectivity index (χ0) is 11.3. The Morgan fingerprint density at radius 2 is 2.00 bits per heavy atom. The molecule has 1 aromatic carbocycles. The smallest absolute Gasteiger partial charge is 0.323 e. The molecule has 0 saturated heterocycles. The number of carbonyl (C=O) groups is 1. The number of carboxylic acid groups (broad SMARTS) is 1. The van der Waals surface area contributed by atoms with Crippen LogP contribution in [0.4, 0.5) is 5.69 Å². The van der Waals surface area contributed by atoms with E-state index in [2.05, 4.69) is 15.9 Å². The van der Waals surface area contributed by atoms with E-state index < -0.39 is 5.97 Å². The Morgan fingerprint density at radius 3 is 2.47 bits per heavy atom. The zero-order valence-corrected chi connectivity index (χ0v) is 10.2. The lowest BCUT2D eigenvalue weighted by molar-refractivity contribution is -0.135. The van der Waals surface area contributed by atoms with Crippen LogP contribution >= 0.6 is 15.9 Å². The molecule has 0 aliphatic carbocycles. The van der Waals surface area contributed by atoms with Gasteiger partial charge < -0.3 is 10.0 Å². The van der Waals surface area contributed by atoms with Gasteiger partial charge in [-0.2, -0.15) is 0 Å². The molecule has 0 aromatic heterocycles. The third-order valence-electron chi connectivity index (χ3n) is 2.01. The third kappa shape index (κ3) is 3.91. The molecular formula is C11H14BrNO2. The van der Waals surface area contributed by atoms with Crippen LogP contribution in [0.15, 0.2) is 28.7 Å². The van der Waals surface area contributed by atoms with Gasteiger partial charge in [-0.15, -0.1) is 0 Å². The van der Waals surface area contributed by atoms with Gasteiger partial charge in [0.2, 0.25) is 0 Å². The molecule has 0 aliphatic heterocycles. The summed E-state index contributed by atoms with van der Waals surface area (Å²) in [5.74, 6) is -0.800. The van der Waals surface area contributed by atoms with Crippen molar-refractivity contribution in [2.45, 2.75) is 13.3 Å². The van der Waals surface area contributed by atoms with E-state index >= 15 is 0 Å². The van der Waals surface area contributed by atoms with Crippen LogP contribution in [0.1, 0.15) is 13.3 Å². The first kappa shape index (κ1) is 12.0. The van der Waals surface area contributed by atoms with Crippen LogP contribution in [0.3, 0.4) is 0 Å². The number of halogens is 1. The van der Waals surface area contributed by atoms with Crippen LogP contribution < -0.4 is 4.90 Å². The maximum absolute atomic E-state index is 10.7. The standard InChI is InChI=1S/C11H14BrNO2/c1-2-7-13(8-11(14)15)10-5-3-9(12)4-6-10/h3-6H,2,7-8H2,1H3,(H,14,15). The molecule has 3 nitrogen and oxygen atoms in total. The van der Waals surface area contributed by atoms with Gasteiger partial charge in [-0.25, -0.2) is 0 Å². The van der Waals surface area contributed by atoms with Gasteiger partial charge in [0.25, 0.3) is 0 Å². The van der Waals surface area contributed by atoms with Gasteiger partial charge in [-0.05, 0) is 30.7 Å². The summed E-state index contributed by atoms with van der Waals surface area (Å²) in [6, 6.07) is 7.67. The molecule has 4 heteroatoms. The van der Waals surface area contributed by atoms with E-state index in [1.807, 2.05) is 36.1 Å². The highest BCUT2D eigenvalue weighted by atomic mass is 79.9. The number of carboxylic acids is 1. The Bertz CT molecular complexity index is 324. The SMILES string of the molecule is CCCN(CC(=O)O)c1ccc(Br)cc1. The summed E-state index contributed by atoms with van der Waals surface area (Å²) in [5, 5.41) is 8.78. The molecule has 0 spiro atoms. The van der Waals surface area contributed by atoms with E-state index in [-0.39, 0.29) is 6.54 Å². The van der Waals surface area contributed by atoms with E-state index in [0.717, 1.165) is 23.1 Å². The summed E-state index contributed by atoms with van der Waals surface area (Å²) in [5.41, 5.74) is 0.947.